The number of aliphatic hydroxyl groups excluding tert-OH is 1. The van der Waals surface area contributed by atoms with E-state index in [0.29, 0.717) is 23.6 Å². The maximum Gasteiger partial charge on any atom is 0.261 e. The van der Waals surface area contributed by atoms with Crippen LogP contribution in [0.1, 0.15) is 11.7 Å². The van der Waals surface area contributed by atoms with Gasteiger partial charge in [-0.25, -0.2) is 8.78 Å². The number of methoxy groups -OCH3 is 2. The Bertz CT molecular complexity index is 418. The summed E-state index contributed by atoms with van der Waals surface area (Å²) in [6.07, 6.45) is -3.26. The molecule has 21 heavy (non-hydrogen) atoms. The second-order valence-electron chi connectivity index (χ2n) is 4.29. The number of aliphatic hydroxyl groups is 1. The second-order valence-corrected chi connectivity index (χ2v) is 4.29. The quantitative estimate of drug-likeness (QED) is 0.643. The average Bonchev–Trinajstić information content (AvgIpc) is 2.49. The lowest BCUT2D eigenvalue weighted by Crippen LogP contribution is -2.26. The third-order valence-corrected chi connectivity index (χ3v) is 2.80. The highest BCUT2D eigenvalue weighted by Crippen LogP contribution is 2.28. The van der Waals surface area contributed by atoms with Crippen molar-refractivity contribution in [1.82, 2.24) is 5.32 Å². The number of rotatable bonds is 10. The molecule has 0 saturated heterocycles. The summed E-state index contributed by atoms with van der Waals surface area (Å²) in [6.45, 7) is 0.206. The van der Waals surface area contributed by atoms with Gasteiger partial charge in [-0.15, -0.1) is 0 Å². The van der Waals surface area contributed by atoms with Gasteiger partial charge in [0.05, 0.1) is 26.9 Å². The number of hydrogen-bond donors (Lipinski definition) is 2. The summed E-state index contributed by atoms with van der Waals surface area (Å²) in [5, 5.41) is 13.1. The summed E-state index contributed by atoms with van der Waals surface area (Å²) in [4.78, 5) is 0. The summed E-state index contributed by atoms with van der Waals surface area (Å²) < 4.78 is 38.7. The molecule has 5 nitrogen and oxygen atoms in total. The van der Waals surface area contributed by atoms with Crippen LogP contribution in [0.25, 0.3) is 0 Å². The highest BCUT2D eigenvalue weighted by atomic mass is 19.3. The first-order valence-corrected chi connectivity index (χ1v) is 6.55. The molecule has 0 radical (unpaired) electrons. The Labute approximate surface area is 122 Å². The lowest BCUT2D eigenvalue weighted by Gasteiger charge is -2.16. The smallest absolute Gasteiger partial charge is 0.261 e. The molecule has 0 bridgehead atoms. The largest absolute Gasteiger partial charge is 0.497 e. The van der Waals surface area contributed by atoms with Gasteiger partial charge in [-0.3, -0.25) is 0 Å². The highest BCUT2D eigenvalue weighted by Gasteiger charge is 2.14. The minimum atomic E-state index is -2.46. The van der Waals surface area contributed by atoms with Gasteiger partial charge in [-0.2, -0.15) is 0 Å². The van der Waals surface area contributed by atoms with Gasteiger partial charge >= 0.3 is 0 Å². The van der Waals surface area contributed by atoms with E-state index in [-0.39, 0.29) is 13.2 Å². The average molecular weight is 305 g/mol. The molecule has 1 rings (SSSR count). The van der Waals surface area contributed by atoms with E-state index < -0.39 is 19.1 Å². The van der Waals surface area contributed by atoms with Crippen molar-refractivity contribution >= 4 is 0 Å². The zero-order valence-corrected chi connectivity index (χ0v) is 12.1. The summed E-state index contributed by atoms with van der Waals surface area (Å²) in [5.74, 6) is 1.17. The Hall–Kier alpha value is -1.44. The molecule has 0 fully saturated rings. The number of benzene rings is 1. The van der Waals surface area contributed by atoms with Crippen LogP contribution in [0.4, 0.5) is 8.78 Å². The topological polar surface area (TPSA) is 60.0 Å². The standard InChI is InChI=1S/C14H21F2NO4/c1-19-10-3-4-13(20-2)11(7-10)12(18)8-17-5-6-21-9-14(15)16/h3-4,7,12,14,17-18H,5-6,8-9H2,1-2H3. The van der Waals surface area contributed by atoms with Crippen LogP contribution < -0.4 is 14.8 Å². The Kier molecular flexibility index (Phi) is 7.96. The number of halogens is 2. The van der Waals surface area contributed by atoms with E-state index in [1.807, 2.05) is 0 Å². The lowest BCUT2D eigenvalue weighted by atomic mass is 10.1. The fourth-order valence-corrected chi connectivity index (χ4v) is 1.77. The van der Waals surface area contributed by atoms with E-state index in [4.69, 9.17) is 14.2 Å². The van der Waals surface area contributed by atoms with Crippen LogP contribution in [0.2, 0.25) is 0 Å². The first-order valence-electron chi connectivity index (χ1n) is 6.55. The Morgan fingerprint density at radius 2 is 2.00 bits per heavy atom. The third kappa shape index (κ3) is 6.24. The summed E-state index contributed by atoms with van der Waals surface area (Å²) >= 11 is 0. The molecule has 2 N–H and O–H groups in total. The van der Waals surface area contributed by atoms with Crippen molar-refractivity contribution in [2.45, 2.75) is 12.5 Å². The molecule has 1 unspecified atom stereocenters. The van der Waals surface area contributed by atoms with Crippen molar-refractivity contribution in [3.63, 3.8) is 0 Å². The van der Waals surface area contributed by atoms with Gasteiger partial charge < -0.3 is 24.6 Å². The number of hydrogen-bond acceptors (Lipinski definition) is 5. The first kappa shape index (κ1) is 17.6. The molecule has 0 aliphatic heterocycles. The zero-order chi connectivity index (χ0) is 15.7. The van der Waals surface area contributed by atoms with E-state index in [1.54, 1.807) is 18.2 Å². The maximum atomic E-state index is 11.8. The molecule has 0 spiro atoms. The SMILES string of the molecule is COc1ccc(OC)c(C(O)CNCCOCC(F)F)c1. The van der Waals surface area contributed by atoms with Crippen molar-refractivity contribution in [3.05, 3.63) is 23.8 Å². The second kappa shape index (κ2) is 9.49. The van der Waals surface area contributed by atoms with Gasteiger partial charge in [0.15, 0.2) is 0 Å². The van der Waals surface area contributed by atoms with E-state index in [2.05, 4.69) is 5.32 Å². The van der Waals surface area contributed by atoms with Crippen molar-refractivity contribution in [3.8, 4) is 11.5 Å². The molecule has 7 heteroatoms. The van der Waals surface area contributed by atoms with Gasteiger partial charge in [-0.05, 0) is 18.2 Å². The summed E-state index contributed by atoms with van der Waals surface area (Å²) in [6, 6.07) is 5.14. The third-order valence-electron chi connectivity index (χ3n) is 2.80. The monoisotopic (exact) mass is 305 g/mol. The van der Waals surface area contributed by atoms with E-state index >= 15 is 0 Å². The molecule has 1 atom stereocenters. The molecule has 1 aromatic carbocycles. The minimum absolute atomic E-state index is 0.159. The molecule has 0 saturated carbocycles. The molecular formula is C14H21F2NO4. The van der Waals surface area contributed by atoms with Crippen molar-refractivity contribution < 1.29 is 28.1 Å². The molecular weight excluding hydrogens is 284 g/mol. The van der Waals surface area contributed by atoms with E-state index in [9.17, 15) is 13.9 Å². The number of alkyl halides is 2. The Morgan fingerprint density at radius 3 is 2.62 bits per heavy atom. The van der Waals surface area contributed by atoms with Crippen LogP contribution in [-0.2, 0) is 4.74 Å². The first-order chi connectivity index (χ1) is 10.1. The predicted octanol–water partition coefficient (Wildman–Crippen LogP) is 1.61. The molecule has 0 heterocycles. The fraction of sp³-hybridized carbons (Fsp3) is 0.571. The van der Waals surface area contributed by atoms with Gasteiger partial charge in [0.1, 0.15) is 18.1 Å². The summed E-state index contributed by atoms with van der Waals surface area (Å²) in [5.41, 5.74) is 0.595. The molecule has 0 aliphatic rings. The maximum absolute atomic E-state index is 11.8. The number of ether oxygens (including phenoxy) is 3. The predicted molar refractivity (Wildman–Crippen MR) is 74.2 cm³/mol. The molecule has 0 aromatic heterocycles. The van der Waals surface area contributed by atoms with Gasteiger partial charge in [-0.1, -0.05) is 0 Å². The van der Waals surface area contributed by atoms with E-state index in [0.717, 1.165) is 0 Å². The molecule has 1 aromatic rings. The van der Waals surface area contributed by atoms with Crippen LogP contribution >= 0.6 is 0 Å². The lowest BCUT2D eigenvalue weighted by molar-refractivity contribution is 0.0181. The van der Waals surface area contributed by atoms with Crippen LogP contribution in [-0.4, -0.2) is 52.1 Å². The molecule has 120 valence electrons. The van der Waals surface area contributed by atoms with Crippen LogP contribution in [0.15, 0.2) is 18.2 Å². The van der Waals surface area contributed by atoms with Crippen LogP contribution in [0.3, 0.4) is 0 Å². The van der Waals surface area contributed by atoms with Gasteiger partial charge in [0, 0.05) is 18.7 Å². The van der Waals surface area contributed by atoms with Crippen LogP contribution in [0.5, 0.6) is 11.5 Å². The Balaban J connectivity index is 2.42. The van der Waals surface area contributed by atoms with Crippen molar-refractivity contribution in [1.29, 1.82) is 0 Å². The Morgan fingerprint density at radius 1 is 1.24 bits per heavy atom. The van der Waals surface area contributed by atoms with Crippen molar-refractivity contribution in [2.75, 3.05) is 40.5 Å². The zero-order valence-electron chi connectivity index (χ0n) is 12.1. The van der Waals surface area contributed by atoms with Gasteiger partial charge in [0.25, 0.3) is 6.43 Å². The van der Waals surface area contributed by atoms with Gasteiger partial charge in [0.2, 0.25) is 0 Å². The molecule has 0 aliphatic carbocycles. The number of nitrogens with one attached hydrogen (secondary N) is 1. The van der Waals surface area contributed by atoms with Crippen LogP contribution in [0, 0.1) is 0 Å². The molecule has 0 amide bonds. The fourth-order valence-electron chi connectivity index (χ4n) is 1.77. The highest BCUT2D eigenvalue weighted by molar-refractivity contribution is 5.41. The van der Waals surface area contributed by atoms with E-state index in [1.165, 1.54) is 14.2 Å². The van der Waals surface area contributed by atoms with Crippen molar-refractivity contribution in [2.24, 2.45) is 0 Å². The minimum Gasteiger partial charge on any atom is -0.497 e. The normalized spacial score (nSPS) is 12.5. The summed E-state index contributed by atoms with van der Waals surface area (Å²) in [7, 11) is 3.06.